The van der Waals surface area contributed by atoms with E-state index in [0.717, 1.165) is 5.56 Å². The summed E-state index contributed by atoms with van der Waals surface area (Å²) in [6.07, 6.45) is 2.10. The Morgan fingerprint density at radius 2 is 2.06 bits per heavy atom. The number of hydroxylamine groups is 1. The Morgan fingerprint density at radius 3 is 2.77 bits per heavy atom. The molecule has 31 heavy (non-hydrogen) atoms. The SMILES string of the molecule is Cc1ccc(Nc2c(C(=O)NOCCCOC(C)(C)O)c3cccnc3n2C)c(F)c1. The number of nitrogens with one attached hydrogen (secondary N) is 2. The smallest absolute Gasteiger partial charge is 0.279 e. The number of aliphatic hydroxyl groups is 1. The number of aromatic nitrogens is 2. The van der Waals surface area contributed by atoms with Crippen LogP contribution in [0.3, 0.4) is 0 Å². The average molecular weight is 430 g/mol. The van der Waals surface area contributed by atoms with Crippen molar-refractivity contribution >= 4 is 28.4 Å². The molecular formula is C22H27FN4O4. The summed E-state index contributed by atoms with van der Waals surface area (Å²) in [5.41, 5.74) is 4.32. The zero-order valence-corrected chi connectivity index (χ0v) is 18.0. The summed E-state index contributed by atoms with van der Waals surface area (Å²) in [4.78, 5) is 22.5. The number of aryl methyl sites for hydroxylation is 2. The van der Waals surface area contributed by atoms with Crippen molar-refractivity contribution in [2.75, 3.05) is 18.5 Å². The highest BCUT2D eigenvalue weighted by Gasteiger charge is 2.23. The number of carbonyl (C=O) groups excluding carboxylic acids is 1. The van der Waals surface area contributed by atoms with Gasteiger partial charge in [-0.25, -0.2) is 14.9 Å². The highest BCUT2D eigenvalue weighted by atomic mass is 19.1. The first-order chi connectivity index (χ1) is 14.7. The van der Waals surface area contributed by atoms with Crippen LogP contribution in [0.25, 0.3) is 11.0 Å². The number of hydrogen-bond donors (Lipinski definition) is 3. The molecule has 0 radical (unpaired) electrons. The molecule has 1 amide bonds. The van der Waals surface area contributed by atoms with E-state index in [1.165, 1.54) is 19.9 Å². The largest absolute Gasteiger partial charge is 0.366 e. The van der Waals surface area contributed by atoms with Gasteiger partial charge in [0.1, 0.15) is 17.3 Å². The molecule has 3 N–H and O–H groups in total. The lowest BCUT2D eigenvalue weighted by molar-refractivity contribution is -0.178. The second kappa shape index (κ2) is 9.42. The van der Waals surface area contributed by atoms with Crippen LogP contribution in [0.2, 0.25) is 0 Å². The van der Waals surface area contributed by atoms with Crippen LogP contribution in [-0.4, -0.2) is 39.6 Å². The number of hydrogen-bond acceptors (Lipinski definition) is 6. The highest BCUT2D eigenvalue weighted by molar-refractivity contribution is 6.11. The second-order valence-electron chi connectivity index (χ2n) is 7.69. The van der Waals surface area contributed by atoms with Crippen molar-refractivity contribution in [2.45, 2.75) is 33.0 Å². The number of ether oxygens (including phenoxy) is 1. The number of halogens is 1. The summed E-state index contributed by atoms with van der Waals surface area (Å²) < 4.78 is 21.3. The van der Waals surface area contributed by atoms with Gasteiger partial charge in [0.05, 0.1) is 24.5 Å². The van der Waals surface area contributed by atoms with E-state index < -0.39 is 17.5 Å². The molecule has 0 aliphatic rings. The molecule has 0 bridgehead atoms. The Hall–Kier alpha value is -3.01. The summed E-state index contributed by atoms with van der Waals surface area (Å²) in [5, 5.41) is 13.1. The quantitative estimate of drug-likeness (QED) is 0.273. The summed E-state index contributed by atoms with van der Waals surface area (Å²) in [5.74, 6) is -1.74. The molecule has 0 unspecified atom stereocenters. The van der Waals surface area contributed by atoms with Crippen molar-refractivity contribution in [3.05, 3.63) is 53.5 Å². The predicted molar refractivity (Wildman–Crippen MR) is 115 cm³/mol. The van der Waals surface area contributed by atoms with Crippen molar-refractivity contribution in [1.29, 1.82) is 0 Å². The van der Waals surface area contributed by atoms with Crippen molar-refractivity contribution in [3.8, 4) is 0 Å². The standard InChI is InChI=1S/C22H27FN4O4/c1-14-8-9-17(16(23)13-14)25-20-18(15-7-5-10-24-19(15)27(20)4)21(28)26-31-12-6-11-30-22(2,3)29/h5,7-10,13,25,29H,6,11-12H2,1-4H3,(H,26,28). The van der Waals surface area contributed by atoms with E-state index in [9.17, 15) is 14.3 Å². The molecule has 0 atom stereocenters. The van der Waals surface area contributed by atoms with Crippen molar-refractivity contribution < 1.29 is 23.9 Å². The van der Waals surface area contributed by atoms with Gasteiger partial charge in [0.15, 0.2) is 5.79 Å². The minimum absolute atomic E-state index is 0.195. The number of fused-ring (bicyclic) bond motifs is 1. The van der Waals surface area contributed by atoms with E-state index >= 15 is 0 Å². The van der Waals surface area contributed by atoms with E-state index in [1.54, 1.807) is 49.0 Å². The molecule has 2 heterocycles. The Kier molecular flexibility index (Phi) is 6.89. The van der Waals surface area contributed by atoms with Gasteiger partial charge in [-0.15, -0.1) is 0 Å². The van der Waals surface area contributed by atoms with E-state index in [-0.39, 0.29) is 18.9 Å². The number of anilines is 2. The fraction of sp³-hybridized carbons (Fsp3) is 0.364. The van der Waals surface area contributed by atoms with E-state index in [0.29, 0.717) is 28.8 Å². The highest BCUT2D eigenvalue weighted by Crippen LogP contribution is 2.31. The average Bonchev–Trinajstić information content (AvgIpc) is 2.98. The number of benzene rings is 1. The minimum atomic E-state index is -1.22. The minimum Gasteiger partial charge on any atom is -0.366 e. The molecule has 0 saturated heterocycles. The lowest BCUT2D eigenvalue weighted by Crippen LogP contribution is -2.27. The Morgan fingerprint density at radius 1 is 1.29 bits per heavy atom. The summed E-state index contributed by atoms with van der Waals surface area (Å²) >= 11 is 0. The Balaban J connectivity index is 1.78. The first-order valence-corrected chi connectivity index (χ1v) is 9.92. The van der Waals surface area contributed by atoms with E-state index in [1.807, 2.05) is 0 Å². The van der Waals surface area contributed by atoms with Crippen LogP contribution in [0.5, 0.6) is 0 Å². The van der Waals surface area contributed by atoms with Gasteiger partial charge in [0.25, 0.3) is 5.91 Å². The monoisotopic (exact) mass is 430 g/mol. The molecule has 0 spiro atoms. The summed E-state index contributed by atoms with van der Waals surface area (Å²) in [7, 11) is 1.75. The van der Waals surface area contributed by atoms with Crippen LogP contribution in [0.1, 0.15) is 36.2 Å². The lowest BCUT2D eigenvalue weighted by atomic mass is 10.2. The van der Waals surface area contributed by atoms with Gasteiger partial charge in [-0.2, -0.15) is 0 Å². The Bertz CT molecular complexity index is 1080. The first-order valence-electron chi connectivity index (χ1n) is 9.92. The molecule has 3 aromatic rings. The van der Waals surface area contributed by atoms with Gasteiger partial charge in [0.2, 0.25) is 0 Å². The third kappa shape index (κ3) is 5.57. The predicted octanol–water partition coefficient (Wildman–Crippen LogP) is 3.56. The van der Waals surface area contributed by atoms with Gasteiger partial charge >= 0.3 is 0 Å². The first kappa shape index (κ1) is 22.7. The summed E-state index contributed by atoms with van der Waals surface area (Å²) in [6.45, 7) is 5.35. The number of amides is 1. The number of pyridine rings is 1. The number of rotatable bonds is 9. The second-order valence-corrected chi connectivity index (χ2v) is 7.69. The van der Waals surface area contributed by atoms with Gasteiger partial charge < -0.3 is 19.7 Å². The normalized spacial score (nSPS) is 11.7. The maximum atomic E-state index is 14.4. The summed E-state index contributed by atoms with van der Waals surface area (Å²) in [6, 6.07) is 8.32. The van der Waals surface area contributed by atoms with Crippen LogP contribution in [0.15, 0.2) is 36.5 Å². The molecule has 8 nitrogen and oxygen atoms in total. The third-order valence-electron chi connectivity index (χ3n) is 4.56. The molecule has 0 aliphatic carbocycles. The van der Waals surface area contributed by atoms with Crippen LogP contribution < -0.4 is 10.8 Å². The van der Waals surface area contributed by atoms with Crippen LogP contribution in [0, 0.1) is 12.7 Å². The topological polar surface area (TPSA) is 97.6 Å². The van der Waals surface area contributed by atoms with Gasteiger partial charge in [0, 0.05) is 18.6 Å². The maximum absolute atomic E-state index is 14.4. The van der Waals surface area contributed by atoms with Crippen molar-refractivity contribution in [1.82, 2.24) is 15.0 Å². The van der Waals surface area contributed by atoms with Crippen LogP contribution in [-0.2, 0) is 16.6 Å². The van der Waals surface area contributed by atoms with Crippen LogP contribution >= 0.6 is 0 Å². The number of nitrogens with zero attached hydrogens (tertiary/aromatic N) is 2. The van der Waals surface area contributed by atoms with Crippen molar-refractivity contribution in [2.24, 2.45) is 7.05 Å². The fourth-order valence-electron chi connectivity index (χ4n) is 3.11. The maximum Gasteiger partial charge on any atom is 0.279 e. The molecule has 1 aromatic carbocycles. The lowest BCUT2D eigenvalue weighted by Gasteiger charge is -2.17. The van der Waals surface area contributed by atoms with E-state index in [2.05, 4.69) is 15.8 Å². The molecule has 166 valence electrons. The molecule has 0 aliphatic heterocycles. The van der Waals surface area contributed by atoms with E-state index in [4.69, 9.17) is 9.57 Å². The van der Waals surface area contributed by atoms with Gasteiger partial charge in [-0.1, -0.05) is 6.07 Å². The molecule has 3 rings (SSSR count). The molecule has 2 aromatic heterocycles. The molecule has 0 saturated carbocycles. The zero-order valence-electron chi connectivity index (χ0n) is 18.0. The zero-order chi connectivity index (χ0) is 22.6. The van der Waals surface area contributed by atoms with Gasteiger partial charge in [-0.05, 0) is 57.0 Å². The molecule has 9 heteroatoms. The number of carbonyl (C=O) groups is 1. The third-order valence-corrected chi connectivity index (χ3v) is 4.56. The fourth-order valence-corrected chi connectivity index (χ4v) is 3.11. The molecular weight excluding hydrogens is 403 g/mol. The van der Waals surface area contributed by atoms with Gasteiger partial charge in [-0.3, -0.25) is 9.63 Å². The molecule has 0 fully saturated rings. The Labute approximate surface area is 179 Å². The van der Waals surface area contributed by atoms with Crippen molar-refractivity contribution in [3.63, 3.8) is 0 Å². The van der Waals surface area contributed by atoms with Crippen LogP contribution in [0.4, 0.5) is 15.9 Å².